The van der Waals surface area contributed by atoms with Crippen molar-refractivity contribution in [2.75, 3.05) is 19.0 Å². The minimum atomic E-state index is 0.704. The highest BCUT2D eigenvalue weighted by atomic mass is 35.5. The van der Waals surface area contributed by atoms with E-state index >= 15 is 0 Å². The van der Waals surface area contributed by atoms with Crippen molar-refractivity contribution in [3.05, 3.63) is 41.6 Å². The van der Waals surface area contributed by atoms with E-state index in [0.29, 0.717) is 5.02 Å². The molecular weight excluding hydrogens is 210 g/mol. The van der Waals surface area contributed by atoms with Crippen LogP contribution in [0.4, 0.5) is 5.69 Å². The monoisotopic (exact) mass is 220 g/mol. The molecule has 0 saturated carbocycles. The molecule has 0 aliphatic heterocycles. The van der Waals surface area contributed by atoms with E-state index in [1.165, 1.54) is 0 Å². The van der Waals surface area contributed by atoms with Gasteiger partial charge in [-0.05, 0) is 12.1 Å². The first-order chi connectivity index (χ1) is 7.16. The van der Waals surface area contributed by atoms with Crippen molar-refractivity contribution in [3.8, 4) is 11.3 Å². The van der Waals surface area contributed by atoms with Crippen LogP contribution in [0.25, 0.3) is 11.3 Å². The first-order valence-corrected chi connectivity index (χ1v) is 4.99. The van der Waals surface area contributed by atoms with Crippen LogP contribution in [-0.2, 0) is 0 Å². The van der Waals surface area contributed by atoms with E-state index in [1.54, 1.807) is 0 Å². The van der Waals surface area contributed by atoms with E-state index < -0.39 is 0 Å². The van der Waals surface area contributed by atoms with Gasteiger partial charge in [0, 0.05) is 30.7 Å². The van der Waals surface area contributed by atoms with Crippen LogP contribution in [0.1, 0.15) is 0 Å². The molecule has 2 nitrogen and oxygen atoms in total. The van der Waals surface area contributed by atoms with Crippen LogP contribution < -0.4 is 4.90 Å². The van der Waals surface area contributed by atoms with Crippen molar-refractivity contribution in [1.29, 1.82) is 0 Å². The number of hydrogen-bond acceptors (Lipinski definition) is 2. The Morgan fingerprint density at radius 3 is 2.67 bits per heavy atom. The fourth-order valence-corrected chi connectivity index (χ4v) is 1.49. The molecule has 1 radical (unpaired) electrons. The van der Waals surface area contributed by atoms with Crippen LogP contribution in [0.3, 0.4) is 0 Å². The van der Waals surface area contributed by atoms with Gasteiger partial charge in [-0.25, -0.2) is 0 Å². The Morgan fingerprint density at radius 1 is 1.27 bits per heavy atom. The predicted molar refractivity (Wildman–Crippen MR) is 62.3 cm³/mol. The van der Waals surface area contributed by atoms with Crippen LogP contribution >= 0.6 is 11.6 Å². The molecule has 1 aromatic carbocycles. The smallest absolute Gasteiger partial charge is 0.195 e. The summed E-state index contributed by atoms with van der Waals surface area (Å²) in [6.45, 7) is 0. The summed E-state index contributed by atoms with van der Waals surface area (Å²) in [6.07, 6.45) is 2.83. The molecule has 0 spiro atoms. The zero-order valence-electron chi connectivity index (χ0n) is 8.62. The minimum Gasteiger partial charge on any atom is -0.450 e. The molecular formula is C12H11ClNO. The molecule has 1 heterocycles. The number of halogens is 1. The van der Waals surface area contributed by atoms with Crippen LogP contribution in [-0.4, -0.2) is 14.1 Å². The Balaban J connectivity index is 2.37. The van der Waals surface area contributed by atoms with Gasteiger partial charge in [0.2, 0.25) is 0 Å². The maximum atomic E-state index is 5.90. The lowest BCUT2D eigenvalue weighted by atomic mass is 10.2. The Kier molecular flexibility index (Phi) is 2.69. The van der Waals surface area contributed by atoms with Crippen molar-refractivity contribution in [2.24, 2.45) is 0 Å². The molecule has 0 saturated heterocycles. The van der Waals surface area contributed by atoms with Gasteiger partial charge in [0.15, 0.2) is 6.26 Å². The molecule has 1 aromatic heterocycles. The second-order valence-corrected chi connectivity index (χ2v) is 3.94. The van der Waals surface area contributed by atoms with Crippen molar-refractivity contribution in [3.63, 3.8) is 0 Å². The van der Waals surface area contributed by atoms with Crippen molar-refractivity contribution in [1.82, 2.24) is 0 Å². The van der Waals surface area contributed by atoms with Gasteiger partial charge in [0.05, 0.1) is 5.69 Å². The zero-order valence-corrected chi connectivity index (χ0v) is 9.38. The van der Waals surface area contributed by atoms with Gasteiger partial charge in [0.25, 0.3) is 0 Å². The summed E-state index contributed by atoms with van der Waals surface area (Å²) < 4.78 is 5.34. The maximum Gasteiger partial charge on any atom is 0.195 e. The summed E-state index contributed by atoms with van der Waals surface area (Å²) in [4.78, 5) is 1.94. The first kappa shape index (κ1) is 10.1. The van der Waals surface area contributed by atoms with Gasteiger partial charge >= 0.3 is 0 Å². The number of nitrogens with zero attached hydrogens (tertiary/aromatic N) is 1. The van der Waals surface area contributed by atoms with Crippen molar-refractivity contribution >= 4 is 17.3 Å². The molecule has 3 heteroatoms. The Morgan fingerprint density at radius 2 is 2.07 bits per heavy atom. The molecule has 77 valence electrons. The van der Waals surface area contributed by atoms with Gasteiger partial charge in [-0.15, -0.1) is 0 Å². The van der Waals surface area contributed by atoms with Crippen LogP contribution in [0.2, 0.25) is 5.02 Å². The summed E-state index contributed by atoms with van der Waals surface area (Å²) in [6, 6.07) is 9.50. The first-order valence-electron chi connectivity index (χ1n) is 4.61. The van der Waals surface area contributed by atoms with Crippen molar-refractivity contribution < 1.29 is 4.42 Å². The fraction of sp³-hybridized carbons (Fsp3) is 0.167. The predicted octanol–water partition coefficient (Wildman–Crippen LogP) is 3.47. The molecule has 0 aliphatic rings. The molecule has 0 amide bonds. The number of hydrogen-bond donors (Lipinski definition) is 0. The summed E-state index contributed by atoms with van der Waals surface area (Å²) in [5.41, 5.74) is 1.89. The number of benzene rings is 1. The van der Waals surface area contributed by atoms with E-state index in [1.807, 2.05) is 49.3 Å². The zero-order chi connectivity index (χ0) is 10.8. The molecule has 0 aliphatic carbocycles. The molecule has 2 aromatic rings. The molecule has 0 unspecified atom stereocenters. The minimum absolute atomic E-state index is 0.704. The van der Waals surface area contributed by atoms with E-state index in [9.17, 15) is 0 Å². The molecule has 0 N–H and O–H groups in total. The van der Waals surface area contributed by atoms with Crippen LogP contribution in [0.5, 0.6) is 0 Å². The van der Waals surface area contributed by atoms with E-state index in [4.69, 9.17) is 16.0 Å². The SMILES string of the molecule is CN(C)c1[c]oc(-c2cccc(Cl)c2)c1. The normalized spacial score (nSPS) is 10.3. The molecule has 0 fully saturated rings. The summed E-state index contributed by atoms with van der Waals surface area (Å²) >= 11 is 5.90. The average molecular weight is 221 g/mol. The largest absolute Gasteiger partial charge is 0.450 e. The lowest BCUT2D eigenvalue weighted by Crippen LogP contribution is -2.06. The number of furan rings is 1. The van der Waals surface area contributed by atoms with E-state index in [2.05, 4.69) is 6.26 Å². The van der Waals surface area contributed by atoms with Gasteiger partial charge in [-0.3, -0.25) is 0 Å². The molecule has 0 bridgehead atoms. The lowest BCUT2D eigenvalue weighted by Gasteiger charge is -2.05. The summed E-state index contributed by atoms with van der Waals surface area (Å²) in [5, 5.41) is 0.704. The Hall–Kier alpha value is -1.41. The van der Waals surface area contributed by atoms with Crippen LogP contribution in [0.15, 0.2) is 34.7 Å². The van der Waals surface area contributed by atoms with Crippen molar-refractivity contribution in [2.45, 2.75) is 0 Å². The third kappa shape index (κ3) is 2.16. The third-order valence-electron chi connectivity index (χ3n) is 2.12. The van der Waals surface area contributed by atoms with Crippen LogP contribution in [0, 0.1) is 6.26 Å². The number of rotatable bonds is 2. The highest BCUT2D eigenvalue weighted by molar-refractivity contribution is 6.30. The molecule has 2 rings (SSSR count). The van der Waals surface area contributed by atoms with Gasteiger partial charge in [-0.2, -0.15) is 0 Å². The Bertz CT molecular complexity index is 462. The second kappa shape index (κ2) is 3.99. The van der Waals surface area contributed by atoms with E-state index in [-0.39, 0.29) is 0 Å². The Labute approximate surface area is 94.1 Å². The highest BCUT2D eigenvalue weighted by Crippen LogP contribution is 2.27. The topological polar surface area (TPSA) is 16.4 Å². The second-order valence-electron chi connectivity index (χ2n) is 3.50. The van der Waals surface area contributed by atoms with Gasteiger partial charge in [-0.1, -0.05) is 23.7 Å². The summed E-state index contributed by atoms with van der Waals surface area (Å²) in [5.74, 6) is 0.779. The molecule has 15 heavy (non-hydrogen) atoms. The number of anilines is 1. The summed E-state index contributed by atoms with van der Waals surface area (Å²) in [7, 11) is 3.90. The van der Waals surface area contributed by atoms with Gasteiger partial charge in [0.1, 0.15) is 5.76 Å². The molecule has 0 atom stereocenters. The van der Waals surface area contributed by atoms with E-state index in [0.717, 1.165) is 17.0 Å². The highest BCUT2D eigenvalue weighted by Gasteiger charge is 2.06. The lowest BCUT2D eigenvalue weighted by molar-refractivity contribution is 0.573. The van der Waals surface area contributed by atoms with Gasteiger partial charge < -0.3 is 9.32 Å². The maximum absolute atomic E-state index is 5.90. The quantitative estimate of drug-likeness (QED) is 0.771. The third-order valence-corrected chi connectivity index (χ3v) is 2.36. The standard InChI is InChI=1S/C12H11ClNO/c1-14(2)11-7-12(15-8-11)9-4-3-5-10(13)6-9/h3-7H,1-2H3. The average Bonchev–Trinajstić information content (AvgIpc) is 2.66. The fourth-order valence-electron chi connectivity index (χ4n) is 1.29.